The number of nitrogens with one attached hydrogen (secondary N) is 1. The quantitative estimate of drug-likeness (QED) is 0.780. The molecule has 0 amide bonds. The Bertz CT molecular complexity index is 449. The summed E-state index contributed by atoms with van der Waals surface area (Å²) in [5, 5.41) is 12.8. The van der Waals surface area contributed by atoms with Gasteiger partial charge in [-0.05, 0) is 12.8 Å². The van der Waals surface area contributed by atoms with E-state index in [9.17, 15) is 9.90 Å². The molecule has 1 fully saturated rings. The average Bonchev–Trinajstić information content (AvgIpc) is 2.91. The summed E-state index contributed by atoms with van der Waals surface area (Å²) in [6.45, 7) is 2.61. The molecule has 0 spiro atoms. The number of imidazole rings is 1. The Labute approximate surface area is 98.6 Å². The van der Waals surface area contributed by atoms with Gasteiger partial charge >= 0.3 is 5.97 Å². The second-order valence-corrected chi connectivity index (χ2v) is 4.55. The fourth-order valence-corrected chi connectivity index (χ4v) is 2.67. The molecule has 1 aromatic heterocycles. The molecule has 0 atom stereocenters. The van der Waals surface area contributed by atoms with Crippen LogP contribution in [0.1, 0.15) is 18.7 Å². The summed E-state index contributed by atoms with van der Waals surface area (Å²) in [7, 11) is 0. The van der Waals surface area contributed by atoms with E-state index in [4.69, 9.17) is 4.74 Å². The summed E-state index contributed by atoms with van der Waals surface area (Å²) in [5.41, 5.74) is -0.872. The van der Waals surface area contributed by atoms with Gasteiger partial charge in [-0.15, -0.1) is 0 Å². The van der Waals surface area contributed by atoms with Gasteiger partial charge in [-0.2, -0.15) is 0 Å². The molecule has 0 aromatic carbocycles. The fraction of sp³-hybridized carbons (Fsp3) is 0.636. The summed E-state index contributed by atoms with van der Waals surface area (Å²) < 4.78 is 7.26. The van der Waals surface area contributed by atoms with Crippen molar-refractivity contribution in [2.45, 2.75) is 24.8 Å². The van der Waals surface area contributed by atoms with E-state index in [2.05, 4.69) is 10.3 Å². The minimum absolute atomic E-state index is 0.488. The Kier molecular flexibility index (Phi) is 2.32. The molecular weight excluding hydrogens is 222 g/mol. The largest absolute Gasteiger partial charge is 0.480 e. The molecule has 17 heavy (non-hydrogen) atoms. The maximum atomic E-state index is 11.6. The van der Waals surface area contributed by atoms with E-state index < -0.39 is 11.4 Å². The van der Waals surface area contributed by atoms with E-state index in [1.54, 1.807) is 6.20 Å². The molecule has 0 unspecified atom stereocenters. The zero-order chi connectivity index (χ0) is 11.9. The number of hydrogen-bond acceptors (Lipinski definition) is 4. The summed E-state index contributed by atoms with van der Waals surface area (Å²) in [4.78, 5) is 16.0. The van der Waals surface area contributed by atoms with Gasteiger partial charge in [0.15, 0.2) is 0 Å². The number of carbonyl (C=O) groups is 1. The van der Waals surface area contributed by atoms with Gasteiger partial charge in [0.25, 0.3) is 0 Å². The highest BCUT2D eigenvalue weighted by Crippen LogP contribution is 2.36. The zero-order valence-corrected chi connectivity index (χ0v) is 9.48. The molecule has 2 N–H and O–H groups in total. The van der Waals surface area contributed by atoms with E-state index in [0.29, 0.717) is 31.9 Å². The monoisotopic (exact) mass is 237 g/mol. The van der Waals surface area contributed by atoms with Crippen LogP contribution in [0, 0.1) is 0 Å². The van der Waals surface area contributed by atoms with Crippen LogP contribution in [-0.2, 0) is 21.5 Å². The van der Waals surface area contributed by atoms with Gasteiger partial charge in [0, 0.05) is 26.3 Å². The summed E-state index contributed by atoms with van der Waals surface area (Å²) in [6, 6.07) is 0. The first kappa shape index (κ1) is 10.6. The van der Waals surface area contributed by atoms with Crippen LogP contribution >= 0.6 is 0 Å². The standard InChI is InChI=1S/C11H15N3O3/c15-10(16)11(1-5-17-6-2-11)9-13-7-8-12-3-4-14(8)9/h7,12H,1-6H2,(H,15,16). The third-order valence-electron chi connectivity index (χ3n) is 3.68. The van der Waals surface area contributed by atoms with Gasteiger partial charge in [-0.3, -0.25) is 4.79 Å². The number of rotatable bonds is 2. The lowest BCUT2D eigenvalue weighted by atomic mass is 9.79. The molecule has 0 bridgehead atoms. The molecule has 0 radical (unpaired) electrons. The van der Waals surface area contributed by atoms with Gasteiger partial charge < -0.3 is 19.7 Å². The Morgan fingerprint density at radius 3 is 3.00 bits per heavy atom. The lowest BCUT2D eigenvalue weighted by Gasteiger charge is -2.32. The highest BCUT2D eigenvalue weighted by atomic mass is 16.5. The maximum Gasteiger partial charge on any atom is 0.317 e. The molecule has 0 aliphatic carbocycles. The Hall–Kier alpha value is -1.56. The van der Waals surface area contributed by atoms with Crippen LogP contribution < -0.4 is 5.32 Å². The zero-order valence-electron chi connectivity index (χ0n) is 9.48. The first-order chi connectivity index (χ1) is 8.24. The smallest absolute Gasteiger partial charge is 0.317 e. The van der Waals surface area contributed by atoms with E-state index >= 15 is 0 Å². The highest BCUT2D eigenvalue weighted by molar-refractivity contribution is 5.80. The molecule has 2 aliphatic rings. The molecule has 3 heterocycles. The second-order valence-electron chi connectivity index (χ2n) is 4.55. The van der Waals surface area contributed by atoms with Crippen molar-refractivity contribution in [1.29, 1.82) is 0 Å². The molecular formula is C11H15N3O3. The summed E-state index contributed by atoms with van der Waals surface area (Å²) in [6.07, 6.45) is 2.72. The first-order valence-corrected chi connectivity index (χ1v) is 5.85. The lowest BCUT2D eigenvalue weighted by Crippen LogP contribution is -2.43. The van der Waals surface area contributed by atoms with Gasteiger partial charge in [0.05, 0.1) is 6.20 Å². The topological polar surface area (TPSA) is 76.4 Å². The molecule has 1 aromatic rings. The van der Waals surface area contributed by atoms with Crippen LogP contribution in [0.25, 0.3) is 0 Å². The van der Waals surface area contributed by atoms with Crippen molar-refractivity contribution < 1.29 is 14.6 Å². The molecule has 6 heteroatoms. The van der Waals surface area contributed by atoms with Crippen LogP contribution in [-0.4, -0.2) is 40.4 Å². The van der Waals surface area contributed by atoms with Gasteiger partial charge in [0.1, 0.15) is 17.1 Å². The van der Waals surface area contributed by atoms with Crippen molar-refractivity contribution in [1.82, 2.24) is 9.55 Å². The SMILES string of the molecule is O=C(O)C1(c2ncc3n2CCN3)CCOCC1. The van der Waals surface area contributed by atoms with E-state index in [-0.39, 0.29) is 0 Å². The van der Waals surface area contributed by atoms with Crippen LogP contribution in [0.15, 0.2) is 6.20 Å². The molecule has 0 saturated carbocycles. The van der Waals surface area contributed by atoms with Gasteiger partial charge in [-0.25, -0.2) is 4.98 Å². The Morgan fingerprint density at radius 2 is 2.29 bits per heavy atom. The Balaban J connectivity index is 2.06. The number of fused-ring (bicyclic) bond motifs is 1. The van der Waals surface area contributed by atoms with Crippen molar-refractivity contribution in [3.05, 3.63) is 12.0 Å². The number of aromatic nitrogens is 2. The number of hydrogen-bond donors (Lipinski definition) is 2. The normalized spacial score (nSPS) is 21.9. The molecule has 2 aliphatic heterocycles. The molecule has 92 valence electrons. The maximum absolute atomic E-state index is 11.6. The minimum Gasteiger partial charge on any atom is -0.480 e. The van der Waals surface area contributed by atoms with Crippen molar-refractivity contribution in [2.75, 3.05) is 25.1 Å². The van der Waals surface area contributed by atoms with Crippen molar-refractivity contribution >= 4 is 11.8 Å². The number of carboxylic acids is 1. The lowest BCUT2D eigenvalue weighted by molar-refractivity contribution is -0.148. The average molecular weight is 237 g/mol. The Morgan fingerprint density at radius 1 is 1.53 bits per heavy atom. The number of nitrogens with zero attached hydrogens (tertiary/aromatic N) is 2. The summed E-state index contributed by atoms with van der Waals surface area (Å²) in [5.74, 6) is 0.807. The van der Waals surface area contributed by atoms with Crippen molar-refractivity contribution in [3.8, 4) is 0 Å². The fourth-order valence-electron chi connectivity index (χ4n) is 2.67. The number of carboxylic acid groups (broad SMARTS) is 1. The van der Waals surface area contributed by atoms with Crippen molar-refractivity contribution in [2.24, 2.45) is 0 Å². The second kappa shape index (κ2) is 3.73. The first-order valence-electron chi connectivity index (χ1n) is 5.85. The van der Waals surface area contributed by atoms with Gasteiger partial charge in [0.2, 0.25) is 0 Å². The molecule has 6 nitrogen and oxygen atoms in total. The van der Waals surface area contributed by atoms with Crippen LogP contribution in [0.3, 0.4) is 0 Å². The van der Waals surface area contributed by atoms with E-state index in [1.807, 2.05) is 4.57 Å². The van der Waals surface area contributed by atoms with Crippen LogP contribution in [0.2, 0.25) is 0 Å². The molecule has 3 rings (SSSR count). The third kappa shape index (κ3) is 1.44. The number of aliphatic carboxylic acids is 1. The van der Waals surface area contributed by atoms with Crippen LogP contribution in [0.5, 0.6) is 0 Å². The van der Waals surface area contributed by atoms with E-state index in [0.717, 1.165) is 18.9 Å². The minimum atomic E-state index is -0.872. The predicted molar refractivity (Wildman–Crippen MR) is 60.1 cm³/mol. The van der Waals surface area contributed by atoms with E-state index in [1.165, 1.54) is 0 Å². The predicted octanol–water partition coefficient (Wildman–Crippen LogP) is 0.441. The number of anilines is 1. The highest BCUT2D eigenvalue weighted by Gasteiger charge is 2.46. The summed E-state index contributed by atoms with van der Waals surface area (Å²) >= 11 is 0. The third-order valence-corrected chi connectivity index (χ3v) is 3.68. The number of ether oxygens (including phenoxy) is 1. The van der Waals surface area contributed by atoms with Gasteiger partial charge in [-0.1, -0.05) is 0 Å². The molecule has 1 saturated heterocycles. The van der Waals surface area contributed by atoms with Crippen LogP contribution in [0.4, 0.5) is 5.82 Å². The van der Waals surface area contributed by atoms with Crippen molar-refractivity contribution in [3.63, 3.8) is 0 Å².